The molecule has 0 saturated heterocycles. The summed E-state index contributed by atoms with van der Waals surface area (Å²) >= 11 is 0. The van der Waals surface area contributed by atoms with Crippen LogP contribution >= 0.6 is 0 Å². The summed E-state index contributed by atoms with van der Waals surface area (Å²) in [7, 11) is 0. The van der Waals surface area contributed by atoms with Gasteiger partial charge in [-0.2, -0.15) is 13.2 Å². The Hall–Kier alpha value is -3.73. The number of aliphatic imine (C=N–C) groups is 1. The second-order valence-electron chi connectivity index (χ2n) is 6.81. The highest BCUT2D eigenvalue weighted by Gasteiger charge is 2.38. The van der Waals surface area contributed by atoms with Crippen molar-refractivity contribution in [3.05, 3.63) is 59.6 Å². The van der Waals surface area contributed by atoms with Crippen molar-refractivity contribution < 1.29 is 28.0 Å². The number of nitrogens with zero attached hydrogens (tertiary/aromatic N) is 2. The zero-order chi connectivity index (χ0) is 22.8. The molecule has 1 aromatic carbocycles. The molecule has 0 spiro atoms. The number of nitrogens with one attached hydrogen (secondary N) is 2. The molecule has 0 atom stereocenters. The van der Waals surface area contributed by atoms with E-state index in [2.05, 4.69) is 21.9 Å². The van der Waals surface area contributed by atoms with Gasteiger partial charge in [0.05, 0.1) is 23.0 Å². The van der Waals surface area contributed by atoms with Crippen LogP contribution in [0.25, 0.3) is 16.5 Å². The molecule has 2 aromatic rings. The lowest BCUT2D eigenvalue weighted by Gasteiger charge is -2.15. The second-order valence-corrected chi connectivity index (χ2v) is 6.81. The van der Waals surface area contributed by atoms with E-state index in [1.807, 2.05) is 0 Å². The molecule has 1 saturated carbocycles. The van der Waals surface area contributed by atoms with Gasteiger partial charge in [0.1, 0.15) is 5.82 Å². The molecule has 31 heavy (non-hydrogen) atoms. The van der Waals surface area contributed by atoms with Gasteiger partial charge in [-0.3, -0.25) is 19.8 Å². The lowest BCUT2D eigenvalue weighted by molar-refractivity contribution is -0.136. The number of benzene rings is 1. The van der Waals surface area contributed by atoms with Gasteiger partial charge in [-0.1, -0.05) is 12.6 Å². The first kappa shape index (κ1) is 22.0. The van der Waals surface area contributed by atoms with Gasteiger partial charge >= 0.3 is 6.18 Å². The maximum absolute atomic E-state index is 13.7. The van der Waals surface area contributed by atoms with Crippen LogP contribution in [0.4, 0.5) is 13.2 Å². The van der Waals surface area contributed by atoms with Crippen molar-refractivity contribution in [2.24, 2.45) is 16.6 Å². The van der Waals surface area contributed by atoms with E-state index in [0.29, 0.717) is 0 Å². The smallest absolute Gasteiger partial charge is 0.390 e. The van der Waals surface area contributed by atoms with Gasteiger partial charge in [0.15, 0.2) is 0 Å². The number of nitrogens with two attached hydrogens (primary N) is 1. The normalized spacial score (nSPS) is 14.6. The Morgan fingerprint density at radius 3 is 2.61 bits per heavy atom. The minimum Gasteiger partial charge on any atom is -0.390 e. The van der Waals surface area contributed by atoms with Crippen LogP contribution in [0, 0.1) is 5.92 Å². The fourth-order valence-electron chi connectivity index (χ4n) is 2.94. The largest absolute Gasteiger partial charge is 0.417 e. The van der Waals surface area contributed by atoms with Crippen LogP contribution < -0.4 is 16.5 Å². The standard InChI is InChI=1S/C20H18F3N5O3/c1-10(6-16(26-9-24)27-18(29)11-2-3-11)12-4-5-15-13(7-12)17(20(21,22)23)14(8-25-15)19(30)28-31/h4-9,11,31H,1-3H2,(H2,24,26)(H,27,29)(H,28,30)/b16-6+. The van der Waals surface area contributed by atoms with Crippen molar-refractivity contribution in [1.82, 2.24) is 15.8 Å². The maximum Gasteiger partial charge on any atom is 0.417 e. The molecule has 0 aliphatic heterocycles. The number of carbonyl (C=O) groups excluding carboxylic acids is 2. The Balaban J connectivity index is 2.06. The highest BCUT2D eigenvalue weighted by atomic mass is 19.4. The number of aromatic nitrogens is 1. The predicted octanol–water partition coefficient (Wildman–Crippen LogP) is 2.74. The topological polar surface area (TPSA) is 130 Å². The van der Waals surface area contributed by atoms with E-state index >= 15 is 0 Å². The second kappa shape index (κ2) is 8.56. The molecule has 162 valence electrons. The zero-order valence-corrected chi connectivity index (χ0v) is 16.0. The predicted molar refractivity (Wildman–Crippen MR) is 107 cm³/mol. The Kier molecular flexibility index (Phi) is 6.07. The first-order valence-electron chi connectivity index (χ1n) is 9.06. The number of allylic oxidation sites excluding steroid dienone is 2. The van der Waals surface area contributed by atoms with E-state index in [0.717, 1.165) is 25.4 Å². The third-order valence-electron chi connectivity index (χ3n) is 4.59. The van der Waals surface area contributed by atoms with Gasteiger partial charge in [-0.25, -0.2) is 10.5 Å². The van der Waals surface area contributed by atoms with Crippen LogP contribution in [0.15, 0.2) is 47.9 Å². The molecule has 0 bridgehead atoms. The van der Waals surface area contributed by atoms with Crippen LogP contribution in [0.3, 0.4) is 0 Å². The van der Waals surface area contributed by atoms with Gasteiger partial charge in [0.2, 0.25) is 5.91 Å². The quantitative estimate of drug-likeness (QED) is 0.183. The number of rotatable bonds is 6. The van der Waals surface area contributed by atoms with Crippen LogP contribution in [-0.4, -0.2) is 28.3 Å². The van der Waals surface area contributed by atoms with Gasteiger partial charge in [0.25, 0.3) is 5.91 Å². The van der Waals surface area contributed by atoms with Gasteiger partial charge in [-0.05, 0) is 42.2 Å². The molecule has 1 aliphatic rings. The van der Waals surface area contributed by atoms with Gasteiger partial charge < -0.3 is 11.1 Å². The molecule has 5 N–H and O–H groups in total. The summed E-state index contributed by atoms with van der Waals surface area (Å²) in [6, 6.07) is 4.01. The summed E-state index contributed by atoms with van der Waals surface area (Å²) in [6.07, 6.45) is -0.269. The molecule has 0 unspecified atom stereocenters. The number of pyridine rings is 1. The molecule has 1 fully saturated rings. The summed E-state index contributed by atoms with van der Waals surface area (Å²) in [5, 5.41) is 11.0. The van der Waals surface area contributed by atoms with Crippen LogP contribution in [0.5, 0.6) is 0 Å². The lowest BCUT2D eigenvalue weighted by atomic mass is 9.98. The molecule has 1 heterocycles. The SMILES string of the molecule is C=C(/C=C(\N=CN)NC(=O)C1CC1)c1ccc2ncc(C(=O)NO)c(C(F)(F)F)c2c1. The molecular formula is C20H18F3N5O3. The average molecular weight is 433 g/mol. The summed E-state index contributed by atoms with van der Waals surface area (Å²) in [5.41, 5.74) is 4.93. The van der Waals surface area contributed by atoms with E-state index in [1.54, 1.807) is 0 Å². The molecule has 11 heteroatoms. The minimum atomic E-state index is -4.90. The maximum atomic E-state index is 13.7. The van der Waals surface area contributed by atoms with Crippen LogP contribution in [0.1, 0.15) is 34.3 Å². The van der Waals surface area contributed by atoms with Crippen molar-refractivity contribution in [3.8, 4) is 0 Å². The third kappa shape index (κ3) is 4.89. The van der Waals surface area contributed by atoms with E-state index in [-0.39, 0.29) is 39.7 Å². The summed E-state index contributed by atoms with van der Waals surface area (Å²) in [6.45, 7) is 3.82. The Morgan fingerprint density at radius 1 is 1.32 bits per heavy atom. The van der Waals surface area contributed by atoms with E-state index < -0.39 is 23.2 Å². The van der Waals surface area contributed by atoms with Crippen molar-refractivity contribution in [3.63, 3.8) is 0 Å². The van der Waals surface area contributed by atoms with E-state index in [4.69, 9.17) is 10.9 Å². The van der Waals surface area contributed by atoms with Crippen molar-refractivity contribution >= 4 is 34.6 Å². The summed E-state index contributed by atoms with van der Waals surface area (Å²) in [5.74, 6) is -1.58. The number of alkyl halides is 3. The van der Waals surface area contributed by atoms with Crippen molar-refractivity contribution in [2.45, 2.75) is 19.0 Å². The summed E-state index contributed by atoms with van der Waals surface area (Å²) < 4.78 is 41.2. The van der Waals surface area contributed by atoms with E-state index in [9.17, 15) is 22.8 Å². The molecule has 8 nitrogen and oxygen atoms in total. The van der Waals surface area contributed by atoms with Gasteiger partial charge in [0, 0.05) is 17.5 Å². The molecule has 1 aliphatic carbocycles. The number of hydroxylamine groups is 1. The fraction of sp³-hybridized carbons (Fsp3) is 0.200. The monoisotopic (exact) mass is 433 g/mol. The number of hydrogen-bond donors (Lipinski definition) is 4. The number of halogens is 3. The Morgan fingerprint density at radius 2 is 2.03 bits per heavy atom. The first-order chi connectivity index (χ1) is 14.7. The van der Waals surface area contributed by atoms with E-state index in [1.165, 1.54) is 29.8 Å². The van der Waals surface area contributed by atoms with Gasteiger partial charge in [-0.15, -0.1) is 0 Å². The molecule has 2 amide bonds. The number of hydrogen-bond acceptors (Lipinski definition) is 5. The lowest BCUT2D eigenvalue weighted by Crippen LogP contribution is -2.24. The number of carbonyl (C=O) groups is 2. The molecule has 1 aromatic heterocycles. The number of amides is 2. The average Bonchev–Trinajstić information content (AvgIpc) is 3.56. The Labute approximate surface area is 174 Å². The Bertz CT molecular complexity index is 1120. The molecule has 0 radical (unpaired) electrons. The van der Waals surface area contributed by atoms with Crippen LogP contribution in [-0.2, 0) is 11.0 Å². The summed E-state index contributed by atoms with van der Waals surface area (Å²) in [4.78, 5) is 31.4. The zero-order valence-electron chi connectivity index (χ0n) is 16.0. The van der Waals surface area contributed by atoms with Crippen LogP contribution in [0.2, 0.25) is 0 Å². The molecule has 3 rings (SSSR count). The number of fused-ring (bicyclic) bond motifs is 1. The molecular weight excluding hydrogens is 415 g/mol. The highest BCUT2D eigenvalue weighted by molar-refractivity contribution is 6.00. The fourth-order valence-corrected chi connectivity index (χ4v) is 2.94. The van der Waals surface area contributed by atoms with Crippen molar-refractivity contribution in [2.75, 3.05) is 0 Å². The van der Waals surface area contributed by atoms with Crippen molar-refractivity contribution in [1.29, 1.82) is 0 Å². The highest BCUT2D eigenvalue weighted by Crippen LogP contribution is 2.38. The third-order valence-corrected chi connectivity index (χ3v) is 4.59. The minimum absolute atomic E-state index is 0.00965. The first-order valence-corrected chi connectivity index (χ1v) is 9.06.